The van der Waals surface area contributed by atoms with E-state index < -0.39 is 10.0 Å². The first-order valence-corrected chi connectivity index (χ1v) is 12.4. The number of benzene rings is 2. The highest BCUT2D eigenvalue weighted by Crippen LogP contribution is 2.40. The number of nitrogens with one attached hydrogen (secondary N) is 2. The van der Waals surface area contributed by atoms with E-state index in [1.54, 1.807) is 53.4 Å². The highest BCUT2D eigenvalue weighted by atomic mass is 32.2. The summed E-state index contributed by atoms with van der Waals surface area (Å²) in [5, 5.41) is 3.91. The number of aromatic nitrogens is 3. The fraction of sp³-hybridized carbons (Fsp3) is 0.250. The molecule has 0 fully saturated rings. The zero-order valence-corrected chi connectivity index (χ0v) is 20.7. The maximum Gasteiger partial charge on any atom is 0.242 e. The second-order valence-electron chi connectivity index (χ2n) is 7.56. The predicted octanol–water partition coefficient (Wildman–Crippen LogP) is 3.88. The number of sulfonamides is 1. The van der Waals surface area contributed by atoms with Gasteiger partial charge in [-0.1, -0.05) is 19.1 Å². The molecule has 0 aliphatic heterocycles. The van der Waals surface area contributed by atoms with Crippen molar-refractivity contribution in [1.29, 1.82) is 0 Å². The molecule has 0 atom stereocenters. The molecule has 0 spiro atoms. The van der Waals surface area contributed by atoms with Crippen LogP contribution in [0.15, 0.2) is 59.8 Å². The summed E-state index contributed by atoms with van der Waals surface area (Å²) in [7, 11) is 0.916. The summed E-state index contributed by atoms with van der Waals surface area (Å²) in [6, 6.07) is 12.1. The first kappa shape index (κ1) is 24.3. The maximum atomic E-state index is 12.9. The third kappa shape index (κ3) is 4.86. The number of para-hydroxylation sites is 1. The summed E-state index contributed by atoms with van der Waals surface area (Å²) in [6.07, 6.45) is 4.14. The number of ether oxygens (including phenoxy) is 3. The van der Waals surface area contributed by atoms with E-state index >= 15 is 0 Å². The third-order valence-corrected chi connectivity index (χ3v) is 6.81. The van der Waals surface area contributed by atoms with E-state index in [0.29, 0.717) is 53.2 Å². The van der Waals surface area contributed by atoms with Gasteiger partial charge in [-0.15, -0.1) is 0 Å². The molecular weight excluding hydrogens is 470 g/mol. The lowest BCUT2D eigenvalue weighted by Crippen LogP contribution is -2.25. The lowest BCUT2D eigenvalue weighted by molar-refractivity contribution is 0.324. The molecule has 2 aromatic carbocycles. The van der Waals surface area contributed by atoms with Crippen LogP contribution in [0.4, 0.5) is 11.6 Å². The van der Waals surface area contributed by atoms with Crippen LogP contribution < -0.4 is 24.2 Å². The lowest BCUT2D eigenvalue weighted by Gasteiger charge is -2.15. The standard InChI is InChI=1S/C24H27N5O5S/c1-5-11-26-35(30,31)21-9-7-6-8-18(21)29-12-10-16-15-25-24(28-23(16)29)27-17-13-19(32-2)22(34-4)20(14-17)33-3/h6-10,12-15,26H,5,11H2,1-4H3,(H,25,27,28). The van der Waals surface area contributed by atoms with Crippen LogP contribution in [-0.2, 0) is 10.0 Å². The van der Waals surface area contributed by atoms with Crippen LogP contribution in [-0.4, -0.2) is 50.8 Å². The number of hydrogen-bond acceptors (Lipinski definition) is 8. The Morgan fingerprint density at radius 3 is 2.37 bits per heavy atom. The van der Waals surface area contributed by atoms with Crippen LogP contribution >= 0.6 is 0 Å². The van der Waals surface area contributed by atoms with Gasteiger partial charge >= 0.3 is 0 Å². The third-order valence-electron chi connectivity index (χ3n) is 5.30. The molecule has 0 radical (unpaired) electrons. The molecule has 0 unspecified atom stereocenters. The minimum Gasteiger partial charge on any atom is -0.493 e. The van der Waals surface area contributed by atoms with Gasteiger partial charge in [0, 0.05) is 42.1 Å². The Morgan fingerprint density at radius 1 is 1.00 bits per heavy atom. The zero-order chi connectivity index (χ0) is 25.0. The average Bonchev–Trinajstić information content (AvgIpc) is 3.30. The van der Waals surface area contributed by atoms with E-state index in [4.69, 9.17) is 14.2 Å². The Bertz CT molecular complexity index is 1430. The molecule has 184 valence electrons. The van der Waals surface area contributed by atoms with Gasteiger partial charge in [0.15, 0.2) is 11.5 Å². The quantitative estimate of drug-likeness (QED) is 0.339. The zero-order valence-electron chi connectivity index (χ0n) is 19.9. The van der Waals surface area contributed by atoms with Gasteiger partial charge in [0.05, 0.1) is 27.0 Å². The van der Waals surface area contributed by atoms with Crippen LogP contribution in [0.25, 0.3) is 16.7 Å². The van der Waals surface area contributed by atoms with Crippen molar-refractivity contribution in [3.05, 3.63) is 54.9 Å². The lowest BCUT2D eigenvalue weighted by atomic mass is 10.2. The van der Waals surface area contributed by atoms with E-state index in [1.165, 1.54) is 21.3 Å². The molecule has 11 heteroatoms. The van der Waals surface area contributed by atoms with Crippen LogP contribution in [0, 0.1) is 0 Å². The predicted molar refractivity (Wildman–Crippen MR) is 134 cm³/mol. The normalized spacial score (nSPS) is 11.4. The highest BCUT2D eigenvalue weighted by molar-refractivity contribution is 7.89. The number of rotatable bonds is 10. The minimum absolute atomic E-state index is 0.170. The van der Waals surface area contributed by atoms with Crippen molar-refractivity contribution in [2.24, 2.45) is 0 Å². The highest BCUT2D eigenvalue weighted by Gasteiger charge is 2.20. The SMILES string of the molecule is CCCNS(=O)(=O)c1ccccc1-n1ccc2cnc(Nc3cc(OC)c(OC)c(OC)c3)nc21. The van der Waals surface area contributed by atoms with E-state index in [1.807, 2.05) is 13.0 Å². The number of anilines is 2. The molecule has 0 aliphatic carbocycles. The fourth-order valence-corrected chi connectivity index (χ4v) is 4.98. The molecule has 35 heavy (non-hydrogen) atoms. The van der Waals surface area contributed by atoms with Crippen LogP contribution in [0.3, 0.4) is 0 Å². The Balaban J connectivity index is 1.76. The summed E-state index contributed by atoms with van der Waals surface area (Å²) in [6.45, 7) is 2.27. The molecule has 4 aromatic rings. The van der Waals surface area contributed by atoms with Gasteiger partial charge in [-0.2, -0.15) is 4.98 Å². The number of fused-ring (bicyclic) bond motifs is 1. The summed E-state index contributed by atoms with van der Waals surface area (Å²) in [5.74, 6) is 1.76. The van der Waals surface area contributed by atoms with Crippen LogP contribution in [0.5, 0.6) is 17.2 Å². The summed E-state index contributed by atoms with van der Waals surface area (Å²) in [4.78, 5) is 9.22. The number of methoxy groups -OCH3 is 3. The van der Waals surface area contributed by atoms with E-state index in [-0.39, 0.29) is 4.90 Å². The topological polar surface area (TPSA) is 117 Å². The molecule has 2 N–H and O–H groups in total. The summed E-state index contributed by atoms with van der Waals surface area (Å²) >= 11 is 0. The van der Waals surface area contributed by atoms with Gasteiger partial charge in [-0.3, -0.25) is 4.57 Å². The van der Waals surface area contributed by atoms with Gasteiger partial charge in [0.25, 0.3) is 0 Å². The summed E-state index contributed by atoms with van der Waals surface area (Å²) < 4.78 is 46.4. The fourth-order valence-electron chi connectivity index (χ4n) is 3.65. The van der Waals surface area contributed by atoms with Gasteiger partial charge < -0.3 is 19.5 Å². The van der Waals surface area contributed by atoms with Gasteiger partial charge in [-0.05, 0) is 24.6 Å². The Morgan fingerprint density at radius 2 is 1.71 bits per heavy atom. The van der Waals surface area contributed by atoms with Gasteiger partial charge in [0.2, 0.25) is 21.7 Å². The van der Waals surface area contributed by atoms with Crippen molar-refractivity contribution in [3.8, 4) is 22.9 Å². The van der Waals surface area contributed by atoms with Crippen LogP contribution in [0.1, 0.15) is 13.3 Å². The molecule has 2 aromatic heterocycles. The van der Waals surface area contributed by atoms with E-state index in [0.717, 1.165) is 5.39 Å². The molecule has 4 rings (SSSR count). The molecule has 2 heterocycles. The van der Waals surface area contributed by atoms with Crippen molar-refractivity contribution < 1.29 is 22.6 Å². The van der Waals surface area contributed by atoms with Crippen LogP contribution in [0.2, 0.25) is 0 Å². The van der Waals surface area contributed by atoms with E-state index in [9.17, 15) is 8.42 Å². The van der Waals surface area contributed by atoms with Crippen molar-refractivity contribution in [2.75, 3.05) is 33.2 Å². The molecule has 10 nitrogen and oxygen atoms in total. The smallest absolute Gasteiger partial charge is 0.242 e. The molecule has 0 aliphatic rings. The summed E-state index contributed by atoms with van der Waals surface area (Å²) in [5.41, 5.74) is 1.67. The minimum atomic E-state index is -3.70. The first-order valence-electron chi connectivity index (χ1n) is 10.9. The van der Waals surface area contributed by atoms with Crippen molar-refractivity contribution in [2.45, 2.75) is 18.2 Å². The largest absolute Gasteiger partial charge is 0.493 e. The second kappa shape index (κ2) is 10.2. The van der Waals surface area contributed by atoms with E-state index in [2.05, 4.69) is 20.0 Å². The molecule has 0 saturated carbocycles. The Labute approximate surface area is 203 Å². The first-order chi connectivity index (χ1) is 16.9. The monoisotopic (exact) mass is 497 g/mol. The average molecular weight is 498 g/mol. The van der Waals surface area contributed by atoms with Crippen molar-refractivity contribution >= 4 is 32.7 Å². The molecule has 0 amide bonds. The van der Waals surface area contributed by atoms with Gasteiger partial charge in [0.1, 0.15) is 10.5 Å². The van der Waals surface area contributed by atoms with Gasteiger partial charge in [-0.25, -0.2) is 18.1 Å². The molecule has 0 bridgehead atoms. The number of nitrogens with zero attached hydrogens (tertiary/aromatic N) is 3. The number of hydrogen-bond donors (Lipinski definition) is 2. The second-order valence-corrected chi connectivity index (χ2v) is 9.30. The van der Waals surface area contributed by atoms with Crippen molar-refractivity contribution in [1.82, 2.24) is 19.3 Å². The Hall–Kier alpha value is -3.83. The maximum absolute atomic E-state index is 12.9. The molecule has 0 saturated heterocycles. The molecular formula is C24H27N5O5S. The Kier molecular flexibility index (Phi) is 7.08. The van der Waals surface area contributed by atoms with Crippen molar-refractivity contribution in [3.63, 3.8) is 0 Å².